The van der Waals surface area contributed by atoms with E-state index in [1.807, 2.05) is 12.1 Å². The predicted molar refractivity (Wildman–Crippen MR) is 81.1 cm³/mol. The molecular formula is C16H20N2O3. The van der Waals surface area contributed by atoms with Gasteiger partial charge in [-0.25, -0.2) is 4.79 Å². The zero-order valence-corrected chi connectivity index (χ0v) is 12.0. The Morgan fingerprint density at radius 2 is 2.10 bits per heavy atom. The fourth-order valence-electron chi connectivity index (χ4n) is 2.47. The van der Waals surface area contributed by atoms with Crippen molar-refractivity contribution in [1.29, 1.82) is 0 Å². The van der Waals surface area contributed by atoms with E-state index < -0.39 is 0 Å². The van der Waals surface area contributed by atoms with Crippen LogP contribution >= 0.6 is 0 Å². The van der Waals surface area contributed by atoms with Gasteiger partial charge in [0, 0.05) is 18.8 Å². The predicted octanol–water partition coefficient (Wildman–Crippen LogP) is 1.73. The normalized spacial score (nSPS) is 18.1. The number of nitrogens with zero attached hydrogens (tertiary/aromatic N) is 1. The number of benzene rings is 1. The molecule has 2 rings (SSSR count). The van der Waals surface area contributed by atoms with Crippen molar-refractivity contribution < 1.29 is 14.3 Å². The Morgan fingerprint density at radius 1 is 1.38 bits per heavy atom. The molecule has 0 aliphatic carbocycles. The molecule has 2 N–H and O–H groups in total. The minimum Gasteiger partial charge on any atom is -0.458 e. The van der Waals surface area contributed by atoms with Crippen molar-refractivity contribution >= 4 is 17.6 Å². The molecule has 1 aliphatic heterocycles. The first-order valence-corrected chi connectivity index (χ1v) is 7.04. The smallest absolute Gasteiger partial charge is 0.338 e. The zero-order valence-electron chi connectivity index (χ0n) is 12.0. The third-order valence-corrected chi connectivity index (χ3v) is 3.62. The van der Waals surface area contributed by atoms with Gasteiger partial charge >= 0.3 is 5.97 Å². The minimum absolute atomic E-state index is 0.101. The highest BCUT2D eigenvalue weighted by Crippen LogP contribution is 2.23. The van der Waals surface area contributed by atoms with Crippen LogP contribution in [0.3, 0.4) is 0 Å². The molecule has 0 spiro atoms. The van der Waals surface area contributed by atoms with E-state index in [2.05, 4.69) is 11.5 Å². The monoisotopic (exact) mass is 288 g/mol. The molecule has 1 fully saturated rings. The Labute approximate surface area is 124 Å². The van der Waals surface area contributed by atoms with Gasteiger partial charge in [-0.05, 0) is 37.1 Å². The highest BCUT2D eigenvalue weighted by atomic mass is 16.5. The molecule has 1 aromatic rings. The van der Waals surface area contributed by atoms with Crippen molar-refractivity contribution in [3.05, 3.63) is 42.5 Å². The highest BCUT2D eigenvalue weighted by Gasteiger charge is 2.24. The summed E-state index contributed by atoms with van der Waals surface area (Å²) < 4.78 is 4.98. The van der Waals surface area contributed by atoms with E-state index in [9.17, 15) is 9.59 Å². The molecule has 5 nitrogen and oxygen atoms in total. The number of carbonyl (C=O) groups excluding carboxylic acids is 2. The van der Waals surface area contributed by atoms with E-state index >= 15 is 0 Å². The van der Waals surface area contributed by atoms with Crippen molar-refractivity contribution in [2.45, 2.75) is 12.8 Å². The SMILES string of the molecule is C=CCOC(=O)c1ccc(N2CCCC(C(N)=O)C2)cc1. The van der Waals surface area contributed by atoms with Crippen LogP contribution in [0.1, 0.15) is 23.2 Å². The number of esters is 1. The first-order chi connectivity index (χ1) is 10.1. The van der Waals surface area contributed by atoms with Crippen LogP contribution in [0.5, 0.6) is 0 Å². The van der Waals surface area contributed by atoms with Gasteiger partial charge in [0.2, 0.25) is 5.91 Å². The van der Waals surface area contributed by atoms with Crippen molar-refractivity contribution in [2.75, 3.05) is 24.6 Å². The van der Waals surface area contributed by atoms with Gasteiger partial charge < -0.3 is 15.4 Å². The fraction of sp³-hybridized carbons (Fsp3) is 0.375. The van der Waals surface area contributed by atoms with E-state index in [0.717, 1.165) is 25.1 Å². The molecule has 0 radical (unpaired) electrons. The summed E-state index contributed by atoms with van der Waals surface area (Å²) in [4.78, 5) is 25.1. The lowest BCUT2D eigenvalue weighted by Gasteiger charge is -2.33. The van der Waals surface area contributed by atoms with Crippen LogP contribution in [-0.2, 0) is 9.53 Å². The highest BCUT2D eigenvalue weighted by molar-refractivity contribution is 5.89. The van der Waals surface area contributed by atoms with Crippen molar-refractivity contribution in [3.8, 4) is 0 Å². The van der Waals surface area contributed by atoms with Gasteiger partial charge in [0.05, 0.1) is 11.5 Å². The Kier molecular flexibility index (Phi) is 4.98. The van der Waals surface area contributed by atoms with Crippen LogP contribution < -0.4 is 10.6 Å². The zero-order chi connectivity index (χ0) is 15.2. The average molecular weight is 288 g/mol. The lowest BCUT2D eigenvalue weighted by Crippen LogP contribution is -2.41. The number of ether oxygens (including phenoxy) is 1. The third-order valence-electron chi connectivity index (χ3n) is 3.62. The van der Waals surface area contributed by atoms with Gasteiger partial charge in [-0.3, -0.25) is 4.79 Å². The van der Waals surface area contributed by atoms with Crippen molar-refractivity contribution in [2.24, 2.45) is 11.7 Å². The topological polar surface area (TPSA) is 72.6 Å². The lowest BCUT2D eigenvalue weighted by atomic mass is 9.97. The Bertz CT molecular complexity index is 525. The summed E-state index contributed by atoms with van der Waals surface area (Å²) >= 11 is 0. The number of rotatable bonds is 5. The average Bonchev–Trinajstić information content (AvgIpc) is 2.53. The Balaban J connectivity index is 2.03. The molecule has 21 heavy (non-hydrogen) atoms. The summed E-state index contributed by atoms with van der Waals surface area (Å²) in [5.74, 6) is -0.713. The number of nitrogens with two attached hydrogens (primary N) is 1. The number of anilines is 1. The number of carbonyl (C=O) groups is 2. The molecule has 1 amide bonds. The van der Waals surface area contributed by atoms with E-state index in [-0.39, 0.29) is 24.4 Å². The maximum absolute atomic E-state index is 11.7. The fourth-order valence-corrected chi connectivity index (χ4v) is 2.47. The van der Waals surface area contributed by atoms with Crippen LogP contribution in [0.2, 0.25) is 0 Å². The van der Waals surface area contributed by atoms with Gasteiger partial charge in [-0.1, -0.05) is 12.7 Å². The molecule has 0 aromatic heterocycles. The quantitative estimate of drug-likeness (QED) is 0.661. The summed E-state index contributed by atoms with van der Waals surface area (Å²) in [7, 11) is 0. The summed E-state index contributed by atoms with van der Waals surface area (Å²) in [6.07, 6.45) is 3.32. The number of hydrogen-bond donors (Lipinski definition) is 1. The summed E-state index contributed by atoms with van der Waals surface area (Å²) in [5, 5.41) is 0. The molecule has 1 unspecified atom stereocenters. The second-order valence-electron chi connectivity index (χ2n) is 5.12. The van der Waals surface area contributed by atoms with Crippen molar-refractivity contribution in [1.82, 2.24) is 0 Å². The first kappa shape index (κ1) is 15.1. The number of amides is 1. The standard InChI is InChI=1S/C16H20N2O3/c1-2-10-21-16(20)12-5-7-14(8-6-12)18-9-3-4-13(11-18)15(17)19/h2,5-8,13H,1,3-4,9-11H2,(H2,17,19). The largest absolute Gasteiger partial charge is 0.458 e. The number of hydrogen-bond acceptors (Lipinski definition) is 4. The van der Waals surface area contributed by atoms with Crippen LogP contribution in [0.25, 0.3) is 0 Å². The second kappa shape index (κ2) is 6.92. The molecule has 1 aliphatic rings. The Hall–Kier alpha value is -2.30. The van der Waals surface area contributed by atoms with Gasteiger partial charge in [-0.15, -0.1) is 0 Å². The van der Waals surface area contributed by atoms with Crippen LogP contribution in [0, 0.1) is 5.92 Å². The summed E-state index contributed by atoms with van der Waals surface area (Å²) in [6, 6.07) is 7.20. The molecular weight excluding hydrogens is 268 g/mol. The van der Waals surface area contributed by atoms with Crippen LogP contribution in [0.4, 0.5) is 5.69 Å². The van der Waals surface area contributed by atoms with E-state index in [1.54, 1.807) is 12.1 Å². The van der Waals surface area contributed by atoms with E-state index in [4.69, 9.17) is 10.5 Å². The van der Waals surface area contributed by atoms with E-state index in [0.29, 0.717) is 12.1 Å². The molecule has 1 heterocycles. The molecule has 112 valence electrons. The number of primary amides is 1. The van der Waals surface area contributed by atoms with Gasteiger partial charge in [0.15, 0.2) is 0 Å². The van der Waals surface area contributed by atoms with Crippen LogP contribution in [0.15, 0.2) is 36.9 Å². The second-order valence-corrected chi connectivity index (χ2v) is 5.12. The maximum Gasteiger partial charge on any atom is 0.338 e. The van der Waals surface area contributed by atoms with Crippen molar-refractivity contribution in [3.63, 3.8) is 0 Å². The summed E-state index contributed by atoms with van der Waals surface area (Å²) in [5.41, 5.74) is 6.87. The number of piperidine rings is 1. The lowest BCUT2D eigenvalue weighted by molar-refractivity contribution is -0.122. The van der Waals surface area contributed by atoms with Crippen LogP contribution in [-0.4, -0.2) is 31.6 Å². The molecule has 0 bridgehead atoms. The minimum atomic E-state index is -0.366. The van der Waals surface area contributed by atoms with Gasteiger partial charge in [0.1, 0.15) is 6.61 Å². The third kappa shape index (κ3) is 3.84. The molecule has 5 heteroatoms. The molecule has 0 saturated carbocycles. The van der Waals surface area contributed by atoms with Gasteiger partial charge in [0.25, 0.3) is 0 Å². The van der Waals surface area contributed by atoms with E-state index in [1.165, 1.54) is 6.08 Å². The molecule has 1 saturated heterocycles. The van der Waals surface area contributed by atoms with Gasteiger partial charge in [-0.2, -0.15) is 0 Å². The molecule has 1 aromatic carbocycles. The first-order valence-electron chi connectivity index (χ1n) is 7.04. The molecule has 1 atom stereocenters. The Morgan fingerprint density at radius 3 is 2.71 bits per heavy atom. The maximum atomic E-state index is 11.7. The summed E-state index contributed by atoms with van der Waals surface area (Å²) in [6.45, 7) is 5.23.